The highest BCUT2D eigenvalue weighted by Gasteiger charge is 2.30. The van der Waals surface area contributed by atoms with Crippen LogP contribution in [-0.2, 0) is 4.79 Å². The second kappa shape index (κ2) is 5.20. The summed E-state index contributed by atoms with van der Waals surface area (Å²) >= 11 is 0. The van der Waals surface area contributed by atoms with Crippen molar-refractivity contribution in [2.45, 2.75) is 26.2 Å². The Morgan fingerprint density at radius 1 is 1.42 bits per heavy atom. The Hall–Kier alpha value is -1.57. The SMILES string of the molecule is C[C@H]1CCCC=C1CN1C=CC2C1=CC=CC2C=O. The van der Waals surface area contributed by atoms with Crippen LogP contribution in [0.4, 0.5) is 0 Å². The van der Waals surface area contributed by atoms with Crippen molar-refractivity contribution < 1.29 is 4.79 Å². The molecule has 100 valence electrons. The summed E-state index contributed by atoms with van der Waals surface area (Å²) in [6, 6.07) is 0. The van der Waals surface area contributed by atoms with Gasteiger partial charge in [0.05, 0.1) is 0 Å². The maximum absolute atomic E-state index is 11.1. The topological polar surface area (TPSA) is 20.3 Å². The zero-order valence-electron chi connectivity index (χ0n) is 11.5. The molecular formula is C17H21NO. The molecule has 19 heavy (non-hydrogen) atoms. The number of allylic oxidation sites excluding steroid dienone is 5. The third kappa shape index (κ3) is 2.32. The van der Waals surface area contributed by atoms with Gasteiger partial charge in [-0.3, -0.25) is 0 Å². The number of hydrogen-bond donors (Lipinski definition) is 0. The van der Waals surface area contributed by atoms with Gasteiger partial charge in [0.2, 0.25) is 0 Å². The average molecular weight is 255 g/mol. The Balaban J connectivity index is 1.75. The van der Waals surface area contributed by atoms with Crippen LogP contribution in [0.2, 0.25) is 0 Å². The van der Waals surface area contributed by atoms with Gasteiger partial charge in [-0.25, -0.2) is 0 Å². The molecule has 1 aliphatic heterocycles. The Morgan fingerprint density at radius 2 is 2.32 bits per heavy atom. The monoisotopic (exact) mass is 255 g/mol. The van der Waals surface area contributed by atoms with Crippen LogP contribution in [0.1, 0.15) is 26.2 Å². The van der Waals surface area contributed by atoms with Crippen molar-refractivity contribution in [2.75, 3.05) is 6.54 Å². The first-order valence-electron chi connectivity index (χ1n) is 7.27. The predicted molar refractivity (Wildman–Crippen MR) is 77.2 cm³/mol. The van der Waals surface area contributed by atoms with Crippen molar-refractivity contribution in [3.63, 3.8) is 0 Å². The van der Waals surface area contributed by atoms with E-state index in [1.54, 1.807) is 5.57 Å². The molecule has 2 heteroatoms. The van der Waals surface area contributed by atoms with Crippen molar-refractivity contribution in [1.29, 1.82) is 0 Å². The number of aldehydes is 1. The molecule has 3 atom stereocenters. The van der Waals surface area contributed by atoms with Gasteiger partial charge in [0.25, 0.3) is 0 Å². The third-order valence-electron chi connectivity index (χ3n) is 4.55. The molecule has 0 bridgehead atoms. The molecule has 0 N–H and O–H groups in total. The summed E-state index contributed by atoms with van der Waals surface area (Å²) in [6.07, 6.45) is 17.8. The van der Waals surface area contributed by atoms with Gasteiger partial charge in [-0.05, 0) is 31.3 Å². The van der Waals surface area contributed by atoms with E-state index in [4.69, 9.17) is 0 Å². The van der Waals surface area contributed by atoms with Crippen molar-refractivity contribution in [2.24, 2.45) is 17.8 Å². The quantitative estimate of drug-likeness (QED) is 0.568. The van der Waals surface area contributed by atoms with Crippen LogP contribution in [-0.4, -0.2) is 17.7 Å². The van der Waals surface area contributed by atoms with E-state index in [1.807, 2.05) is 12.2 Å². The summed E-state index contributed by atoms with van der Waals surface area (Å²) in [6.45, 7) is 3.31. The molecule has 2 unspecified atom stereocenters. The van der Waals surface area contributed by atoms with Gasteiger partial charge in [-0.2, -0.15) is 0 Å². The average Bonchev–Trinajstić information content (AvgIpc) is 2.84. The highest BCUT2D eigenvalue weighted by Crippen LogP contribution is 2.36. The van der Waals surface area contributed by atoms with E-state index < -0.39 is 0 Å². The molecule has 1 heterocycles. The molecule has 0 saturated carbocycles. The van der Waals surface area contributed by atoms with E-state index in [2.05, 4.69) is 36.3 Å². The van der Waals surface area contributed by atoms with E-state index in [1.165, 1.54) is 25.0 Å². The predicted octanol–water partition coefficient (Wildman–Crippen LogP) is 3.45. The lowest BCUT2D eigenvalue weighted by molar-refractivity contribution is -0.110. The molecule has 0 spiro atoms. The molecule has 2 nitrogen and oxygen atoms in total. The highest BCUT2D eigenvalue weighted by molar-refractivity contribution is 5.61. The van der Waals surface area contributed by atoms with Crippen LogP contribution >= 0.6 is 0 Å². The van der Waals surface area contributed by atoms with Crippen LogP contribution in [0.3, 0.4) is 0 Å². The Kier molecular flexibility index (Phi) is 3.41. The van der Waals surface area contributed by atoms with Gasteiger partial charge < -0.3 is 9.69 Å². The van der Waals surface area contributed by atoms with Crippen molar-refractivity contribution >= 4 is 6.29 Å². The van der Waals surface area contributed by atoms with E-state index in [9.17, 15) is 4.79 Å². The molecule has 0 aromatic heterocycles. The largest absolute Gasteiger partial charge is 0.347 e. The first-order valence-corrected chi connectivity index (χ1v) is 7.27. The van der Waals surface area contributed by atoms with Crippen LogP contribution in [0, 0.1) is 17.8 Å². The van der Waals surface area contributed by atoms with E-state index in [0.29, 0.717) is 5.92 Å². The zero-order chi connectivity index (χ0) is 13.2. The Bertz CT molecular complexity index is 483. The minimum atomic E-state index is 0.0130. The van der Waals surface area contributed by atoms with Gasteiger partial charge >= 0.3 is 0 Å². The van der Waals surface area contributed by atoms with Crippen LogP contribution in [0.25, 0.3) is 0 Å². The fourth-order valence-electron chi connectivity index (χ4n) is 3.30. The van der Waals surface area contributed by atoms with Gasteiger partial charge in [-0.15, -0.1) is 0 Å². The minimum absolute atomic E-state index is 0.0130. The summed E-state index contributed by atoms with van der Waals surface area (Å²) in [5.74, 6) is 0.962. The maximum atomic E-state index is 11.1. The lowest BCUT2D eigenvalue weighted by Crippen LogP contribution is -2.26. The molecule has 3 aliphatic rings. The first-order chi connectivity index (χ1) is 9.29. The minimum Gasteiger partial charge on any atom is -0.347 e. The molecular weight excluding hydrogens is 234 g/mol. The summed E-state index contributed by atoms with van der Waals surface area (Å²) in [5.41, 5.74) is 2.83. The number of carbonyl (C=O) groups is 1. The second-order valence-electron chi connectivity index (χ2n) is 5.80. The Morgan fingerprint density at radius 3 is 3.11 bits per heavy atom. The summed E-state index contributed by atoms with van der Waals surface area (Å²) < 4.78 is 0. The van der Waals surface area contributed by atoms with Gasteiger partial charge in [-0.1, -0.05) is 36.8 Å². The van der Waals surface area contributed by atoms with E-state index in [0.717, 1.165) is 12.8 Å². The molecule has 3 rings (SSSR count). The van der Waals surface area contributed by atoms with Crippen LogP contribution in [0.15, 0.2) is 47.9 Å². The number of fused-ring (bicyclic) bond motifs is 1. The third-order valence-corrected chi connectivity index (χ3v) is 4.55. The van der Waals surface area contributed by atoms with Gasteiger partial charge in [0, 0.05) is 30.3 Å². The lowest BCUT2D eigenvalue weighted by atomic mass is 9.87. The zero-order valence-corrected chi connectivity index (χ0v) is 11.5. The summed E-state index contributed by atoms with van der Waals surface area (Å²) in [4.78, 5) is 13.4. The smallest absolute Gasteiger partial charge is 0.127 e. The number of rotatable bonds is 3. The van der Waals surface area contributed by atoms with Crippen LogP contribution in [0.5, 0.6) is 0 Å². The molecule has 0 aromatic rings. The second-order valence-corrected chi connectivity index (χ2v) is 5.80. The fraction of sp³-hybridized carbons (Fsp3) is 0.471. The van der Waals surface area contributed by atoms with E-state index in [-0.39, 0.29) is 11.8 Å². The standard InChI is InChI=1S/C17H21NO/c1-13-5-2-3-6-14(13)11-18-10-9-16-15(12-19)7-4-8-17(16)18/h4,6-10,12-13,15-16H,2-3,5,11H2,1H3/t13-,15?,16?/m0/s1. The van der Waals surface area contributed by atoms with Crippen LogP contribution < -0.4 is 0 Å². The maximum Gasteiger partial charge on any atom is 0.127 e. The molecule has 0 aromatic carbocycles. The van der Waals surface area contributed by atoms with Crippen molar-refractivity contribution in [3.8, 4) is 0 Å². The van der Waals surface area contributed by atoms with Gasteiger partial charge in [0.15, 0.2) is 0 Å². The molecule has 2 aliphatic carbocycles. The summed E-state index contributed by atoms with van der Waals surface area (Å²) in [7, 11) is 0. The first kappa shape index (κ1) is 12.5. The molecule has 0 radical (unpaired) electrons. The number of nitrogens with zero attached hydrogens (tertiary/aromatic N) is 1. The molecule has 0 amide bonds. The summed E-state index contributed by atoms with van der Waals surface area (Å²) in [5, 5.41) is 0. The molecule has 0 saturated heterocycles. The fourth-order valence-corrected chi connectivity index (χ4v) is 3.30. The van der Waals surface area contributed by atoms with Crippen molar-refractivity contribution in [3.05, 3.63) is 47.9 Å². The van der Waals surface area contributed by atoms with Crippen molar-refractivity contribution in [1.82, 2.24) is 4.90 Å². The highest BCUT2D eigenvalue weighted by atomic mass is 16.1. The van der Waals surface area contributed by atoms with Gasteiger partial charge in [0.1, 0.15) is 6.29 Å². The normalized spacial score (nSPS) is 32.9. The Labute approximate surface area is 115 Å². The lowest BCUT2D eigenvalue weighted by Gasteiger charge is -2.29. The molecule has 0 fully saturated rings. The number of hydrogen-bond acceptors (Lipinski definition) is 2. The number of carbonyl (C=O) groups excluding carboxylic acids is 1. The van der Waals surface area contributed by atoms with E-state index >= 15 is 0 Å².